The van der Waals surface area contributed by atoms with Gasteiger partial charge in [-0.1, -0.05) is 12.1 Å². The first-order valence-corrected chi connectivity index (χ1v) is 7.86. The lowest BCUT2D eigenvalue weighted by molar-refractivity contribution is 0.0898. The molecular weight excluding hydrogens is 342 g/mol. The molecule has 8 heteroatoms. The summed E-state index contributed by atoms with van der Waals surface area (Å²) < 4.78 is 31.8. The van der Waals surface area contributed by atoms with Gasteiger partial charge in [-0.3, -0.25) is 9.78 Å². The topological polar surface area (TPSA) is 77.0 Å². The van der Waals surface area contributed by atoms with Crippen molar-refractivity contribution in [2.45, 2.75) is 12.3 Å². The van der Waals surface area contributed by atoms with Crippen molar-refractivity contribution in [2.75, 3.05) is 13.7 Å². The van der Waals surface area contributed by atoms with Gasteiger partial charge in [0.15, 0.2) is 5.65 Å². The van der Waals surface area contributed by atoms with Gasteiger partial charge in [-0.15, -0.1) is 0 Å². The van der Waals surface area contributed by atoms with Crippen molar-refractivity contribution in [3.63, 3.8) is 0 Å². The van der Waals surface area contributed by atoms with E-state index in [0.717, 1.165) is 0 Å². The summed E-state index contributed by atoms with van der Waals surface area (Å²) in [7, 11) is 1.50. The van der Waals surface area contributed by atoms with Gasteiger partial charge in [-0.05, 0) is 29.8 Å². The van der Waals surface area contributed by atoms with Crippen molar-refractivity contribution in [3.05, 3.63) is 60.0 Å². The van der Waals surface area contributed by atoms with Crippen LogP contribution in [-0.2, 0) is 0 Å². The number of nitrogens with one attached hydrogen (secondary N) is 1. The highest BCUT2D eigenvalue weighted by molar-refractivity contribution is 5.93. The monoisotopic (exact) mass is 358 g/mol. The van der Waals surface area contributed by atoms with Crippen molar-refractivity contribution in [2.24, 2.45) is 0 Å². The van der Waals surface area contributed by atoms with E-state index < -0.39 is 18.3 Å². The number of amides is 1. The number of ether oxygens (including phenoxy) is 1. The van der Waals surface area contributed by atoms with E-state index in [1.807, 2.05) is 0 Å². The molecule has 1 amide bonds. The van der Waals surface area contributed by atoms with E-state index >= 15 is 0 Å². The van der Waals surface area contributed by atoms with Crippen LogP contribution >= 0.6 is 0 Å². The maximum Gasteiger partial charge on any atom is 0.269 e. The third-order valence-corrected chi connectivity index (χ3v) is 3.89. The van der Waals surface area contributed by atoms with Crippen LogP contribution in [0.2, 0.25) is 0 Å². The quantitative estimate of drug-likeness (QED) is 0.733. The fraction of sp³-hybridized carbons (Fsp3) is 0.222. The Balaban J connectivity index is 1.72. The molecule has 1 unspecified atom stereocenters. The standard InChI is InChI=1S/C18H16F2N4O2/c1-26-12-4-2-11(3-5-12)13(16(19)20)10-23-18(25)15-7-6-14-17(24-15)22-9-8-21-14/h2-9,13,16H,10H2,1H3,(H,23,25). The summed E-state index contributed by atoms with van der Waals surface area (Å²) in [5.74, 6) is -1.10. The third-order valence-electron chi connectivity index (χ3n) is 3.89. The largest absolute Gasteiger partial charge is 0.497 e. The van der Waals surface area contributed by atoms with Crippen LogP contribution in [0.3, 0.4) is 0 Å². The second-order valence-corrected chi connectivity index (χ2v) is 5.52. The van der Waals surface area contributed by atoms with Gasteiger partial charge in [-0.25, -0.2) is 18.7 Å². The van der Waals surface area contributed by atoms with Crippen LogP contribution in [0.15, 0.2) is 48.8 Å². The van der Waals surface area contributed by atoms with E-state index in [2.05, 4.69) is 20.3 Å². The van der Waals surface area contributed by atoms with Crippen LogP contribution in [0.25, 0.3) is 11.2 Å². The number of methoxy groups -OCH3 is 1. The van der Waals surface area contributed by atoms with Crippen LogP contribution in [0.4, 0.5) is 8.78 Å². The first-order valence-electron chi connectivity index (χ1n) is 7.86. The van der Waals surface area contributed by atoms with Gasteiger partial charge in [0.1, 0.15) is 17.0 Å². The number of carbonyl (C=O) groups is 1. The van der Waals surface area contributed by atoms with Crippen LogP contribution in [0.5, 0.6) is 5.75 Å². The summed E-state index contributed by atoms with van der Waals surface area (Å²) in [6.45, 7) is -0.219. The highest BCUT2D eigenvalue weighted by atomic mass is 19.3. The smallest absolute Gasteiger partial charge is 0.269 e. The number of rotatable bonds is 6. The molecule has 0 radical (unpaired) electrons. The minimum absolute atomic E-state index is 0.0979. The highest BCUT2D eigenvalue weighted by Gasteiger charge is 2.23. The Labute approximate surface area is 148 Å². The van der Waals surface area contributed by atoms with Crippen LogP contribution in [-0.4, -0.2) is 40.9 Å². The Morgan fingerprint density at radius 3 is 2.54 bits per heavy atom. The maximum atomic E-state index is 13.4. The minimum Gasteiger partial charge on any atom is -0.497 e. The second-order valence-electron chi connectivity index (χ2n) is 5.52. The van der Waals surface area contributed by atoms with Gasteiger partial charge in [0.2, 0.25) is 6.43 Å². The van der Waals surface area contributed by atoms with E-state index in [-0.39, 0.29) is 12.2 Å². The molecule has 1 aromatic carbocycles. The molecular formula is C18H16F2N4O2. The predicted molar refractivity (Wildman–Crippen MR) is 91.4 cm³/mol. The van der Waals surface area contributed by atoms with E-state index in [1.54, 1.807) is 30.3 Å². The first-order chi connectivity index (χ1) is 12.6. The minimum atomic E-state index is -2.63. The lowest BCUT2D eigenvalue weighted by Crippen LogP contribution is -2.31. The molecule has 26 heavy (non-hydrogen) atoms. The summed E-state index contributed by atoms with van der Waals surface area (Å²) in [4.78, 5) is 24.5. The fourth-order valence-corrected chi connectivity index (χ4v) is 2.48. The van der Waals surface area contributed by atoms with Crippen LogP contribution < -0.4 is 10.1 Å². The van der Waals surface area contributed by atoms with Crippen molar-refractivity contribution in [3.8, 4) is 5.75 Å². The van der Waals surface area contributed by atoms with E-state index in [0.29, 0.717) is 22.5 Å². The number of fused-ring (bicyclic) bond motifs is 1. The molecule has 0 spiro atoms. The normalized spacial score (nSPS) is 12.2. The molecule has 1 atom stereocenters. The molecule has 0 bridgehead atoms. The molecule has 3 rings (SSSR count). The Bertz CT molecular complexity index is 903. The summed E-state index contributed by atoms with van der Waals surface area (Å²) >= 11 is 0. The number of aromatic nitrogens is 3. The number of alkyl halides is 2. The number of pyridine rings is 1. The fourth-order valence-electron chi connectivity index (χ4n) is 2.48. The summed E-state index contributed by atoms with van der Waals surface area (Å²) in [6.07, 6.45) is 0.360. The molecule has 134 valence electrons. The molecule has 2 heterocycles. The molecule has 1 N–H and O–H groups in total. The molecule has 0 fully saturated rings. The van der Waals surface area contributed by atoms with Crippen molar-refractivity contribution in [1.82, 2.24) is 20.3 Å². The number of hydrogen-bond donors (Lipinski definition) is 1. The van der Waals surface area contributed by atoms with Gasteiger partial charge >= 0.3 is 0 Å². The summed E-state index contributed by atoms with van der Waals surface area (Å²) in [6, 6.07) is 9.43. The molecule has 3 aromatic rings. The van der Waals surface area contributed by atoms with Gasteiger partial charge in [0.05, 0.1) is 13.0 Å². The first kappa shape index (κ1) is 17.7. The number of carbonyl (C=O) groups excluding carboxylic acids is 1. The van der Waals surface area contributed by atoms with E-state index in [9.17, 15) is 13.6 Å². The molecule has 6 nitrogen and oxygen atoms in total. The number of halogens is 2. The van der Waals surface area contributed by atoms with Crippen molar-refractivity contribution < 1.29 is 18.3 Å². The SMILES string of the molecule is COc1ccc(C(CNC(=O)c2ccc3nccnc3n2)C(F)F)cc1. The van der Waals surface area contributed by atoms with E-state index in [1.165, 1.54) is 25.6 Å². The molecule has 0 aliphatic carbocycles. The van der Waals surface area contributed by atoms with Gasteiger partial charge in [0.25, 0.3) is 5.91 Å². The highest BCUT2D eigenvalue weighted by Crippen LogP contribution is 2.24. The Hall–Kier alpha value is -3.16. The summed E-state index contributed by atoms with van der Waals surface area (Å²) in [5.41, 5.74) is 1.38. The number of benzene rings is 1. The van der Waals surface area contributed by atoms with Crippen molar-refractivity contribution >= 4 is 17.1 Å². The zero-order valence-electron chi connectivity index (χ0n) is 13.9. The Kier molecular flexibility index (Phi) is 5.31. The average Bonchev–Trinajstić information content (AvgIpc) is 2.67. The van der Waals surface area contributed by atoms with Crippen LogP contribution in [0.1, 0.15) is 22.0 Å². The lowest BCUT2D eigenvalue weighted by atomic mass is 9.99. The molecule has 0 aliphatic rings. The van der Waals surface area contributed by atoms with E-state index in [4.69, 9.17) is 4.74 Å². The predicted octanol–water partition coefficient (Wildman–Crippen LogP) is 2.81. The number of hydrogen-bond acceptors (Lipinski definition) is 5. The maximum absolute atomic E-state index is 13.4. The Morgan fingerprint density at radius 1 is 1.12 bits per heavy atom. The Morgan fingerprint density at radius 2 is 1.85 bits per heavy atom. The number of nitrogens with zero attached hydrogens (tertiary/aromatic N) is 3. The van der Waals surface area contributed by atoms with Crippen LogP contribution in [0, 0.1) is 0 Å². The molecule has 0 saturated carbocycles. The second kappa shape index (κ2) is 7.81. The molecule has 2 aromatic heterocycles. The molecule has 0 saturated heterocycles. The van der Waals surface area contributed by atoms with Gasteiger partial charge in [0, 0.05) is 18.9 Å². The lowest BCUT2D eigenvalue weighted by Gasteiger charge is -2.17. The zero-order chi connectivity index (χ0) is 18.5. The summed E-state index contributed by atoms with van der Waals surface area (Å²) in [5, 5.41) is 2.51. The van der Waals surface area contributed by atoms with Crippen molar-refractivity contribution in [1.29, 1.82) is 0 Å². The molecule has 0 aliphatic heterocycles. The third kappa shape index (κ3) is 3.90. The average molecular weight is 358 g/mol. The van der Waals surface area contributed by atoms with Gasteiger partial charge < -0.3 is 10.1 Å². The van der Waals surface area contributed by atoms with Gasteiger partial charge in [-0.2, -0.15) is 0 Å². The zero-order valence-corrected chi connectivity index (χ0v) is 13.9.